The van der Waals surface area contributed by atoms with Gasteiger partial charge in [0.05, 0.1) is 35.6 Å². The fourth-order valence-corrected chi connectivity index (χ4v) is 10.2. The van der Waals surface area contributed by atoms with Gasteiger partial charge in [-0.3, -0.25) is 19.2 Å². The number of esters is 4. The van der Waals surface area contributed by atoms with E-state index in [0.29, 0.717) is 5.56 Å². The van der Waals surface area contributed by atoms with Crippen LogP contribution in [0.15, 0.2) is 102 Å². The lowest BCUT2D eigenvalue weighted by Crippen LogP contribution is -2.82. The van der Waals surface area contributed by atoms with Crippen molar-refractivity contribution in [1.29, 1.82) is 0 Å². The Morgan fingerprint density at radius 3 is 1.95 bits per heavy atom. The lowest BCUT2D eigenvalue weighted by Gasteiger charge is -2.67. The average molecular weight is 854 g/mol. The first-order chi connectivity index (χ1) is 29.3. The van der Waals surface area contributed by atoms with Crippen molar-refractivity contribution in [2.45, 2.75) is 108 Å². The summed E-state index contributed by atoms with van der Waals surface area (Å²) in [6, 6.07) is 22.9. The van der Waals surface area contributed by atoms with E-state index in [-0.39, 0.29) is 35.3 Å². The summed E-state index contributed by atoms with van der Waals surface area (Å²) in [6.45, 7) is 7.97. The van der Waals surface area contributed by atoms with Crippen molar-refractivity contribution in [2.24, 2.45) is 16.7 Å². The second-order valence-corrected chi connectivity index (χ2v) is 17.4. The maximum Gasteiger partial charge on any atom is 0.338 e. The van der Waals surface area contributed by atoms with Gasteiger partial charge in [-0.15, -0.1) is 0 Å². The second kappa shape index (κ2) is 16.5. The summed E-state index contributed by atoms with van der Waals surface area (Å²) < 4.78 is 30.3. The van der Waals surface area contributed by atoms with Crippen molar-refractivity contribution < 1.29 is 67.8 Å². The Morgan fingerprint density at radius 2 is 1.40 bits per heavy atom. The van der Waals surface area contributed by atoms with Crippen LogP contribution >= 0.6 is 0 Å². The number of fused-ring (bicyclic) bond motifs is 5. The Morgan fingerprint density at radius 1 is 0.823 bits per heavy atom. The van der Waals surface area contributed by atoms with E-state index in [9.17, 15) is 39.3 Å². The van der Waals surface area contributed by atoms with E-state index in [0.717, 1.165) is 13.8 Å². The monoisotopic (exact) mass is 853 g/mol. The van der Waals surface area contributed by atoms with Crippen LogP contribution in [-0.2, 0) is 42.9 Å². The smallest absolute Gasteiger partial charge is 0.338 e. The first kappa shape index (κ1) is 44.3. The third kappa shape index (κ3) is 7.29. The standard InChI is InChI=1S/C47H51NO14/c1-25-31(60-43(56)36(52)35(28-16-10-7-11-17-28)48-41(54)29-18-12-8-13-19-29)23-47(57)40(61-42(55)30-20-14-9-15-21-30)38-45(6,32(51)22-33-46(38,24-58-33)62-27(3)50)39(53)37(59-26(2)49)34(25)44(47,4)5/h7-21,31-33,35-38,40,51-52,57H,22-24H2,1-6H3,(H,48,54)/t31-,32-,33+,35-,36+,37+,38+,40-,45+,46+,47-/m0/s1. The molecule has 2 bridgehead atoms. The van der Waals surface area contributed by atoms with Gasteiger partial charge in [0, 0.05) is 37.7 Å². The highest BCUT2D eigenvalue weighted by molar-refractivity contribution is 5.96. The minimum atomic E-state index is -2.39. The summed E-state index contributed by atoms with van der Waals surface area (Å²) in [4.78, 5) is 83.5. The molecule has 3 aromatic carbocycles. The van der Waals surface area contributed by atoms with Crippen molar-refractivity contribution in [3.05, 3.63) is 119 Å². The molecule has 2 saturated carbocycles. The molecule has 0 aromatic heterocycles. The number of nitrogens with one attached hydrogen (secondary N) is 1. The lowest BCUT2D eigenvalue weighted by molar-refractivity contribution is -0.346. The molecule has 0 unspecified atom stereocenters. The maximum absolute atomic E-state index is 15.5. The van der Waals surface area contributed by atoms with Crippen LogP contribution in [0.25, 0.3) is 0 Å². The maximum atomic E-state index is 15.5. The first-order valence-corrected chi connectivity index (χ1v) is 20.5. The molecule has 3 aliphatic carbocycles. The van der Waals surface area contributed by atoms with E-state index >= 15 is 4.79 Å². The lowest BCUT2D eigenvalue weighted by atomic mass is 9.44. The molecular formula is C47H51NO14. The van der Waals surface area contributed by atoms with E-state index < -0.39 is 113 Å². The minimum absolute atomic E-state index is 0.00289. The van der Waals surface area contributed by atoms with Gasteiger partial charge in [0.2, 0.25) is 0 Å². The van der Waals surface area contributed by atoms with Crippen molar-refractivity contribution >= 4 is 35.6 Å². The summed E-state index contributed by atoms with van der Waals surface area (Å²) in [5.41, 5.74) is -7.02. The molecule has 4 aliphatic rings. The van der Waals surface area contributed by atoms with Gasteiger partial charge in [-0.25, -0.2) is 9.59 Å². The number of ether oxygens (including phenoxy) is 5. The van der Waals surface area contributed by atoms with Gasteiger partial charge >= 0.3 is 23.9 Å². The Kier molecular flexibility index (Phi) is 11.8. The van der Waals surface area contributed by atoms with E-state index in [1.807, 2.05) is 0 Å². The zero-order valence-corrected chi connectivity index (χ0v) is 35.2. The number of carbonyl (C=O) groups is 6. The Balaban J connectivity index is 1.39. The molecular weight excluding hydrogens is 803 g/mol. The molecule has 7 rings (SSSR count). The zero-order chi connectivity index (χ0) is 44.9. The Hall–Kier alpha value is -5.74. The van der Waals surface area contributed by atoms with E-state index in [2.05, 4.69) is 5.32 Å². The third-order valence-electron chi connectivity index (χ3n) is 13.5. The summed E-state index contributed by atoms with van der Waals surface area (Å²) in [5.74, 6) is -6.84. The summed E-state index contributed by atoms with van der Waals surface area (Å²) in [6.07, 6.45) is -10.5. The molecule has 1 saturated heterocycles. The van der Waals surface area contributed by atoms with Gasteiger partial charge in [-0.05, 0) is 54.8 Å². The van der Waals surface area contributed by atoms with Crippen LogP contribution in [0, 0.1) is 16.7 Å². The highest BCUT2D eigenvalue weighted by Gasteiger charge is 2.78. The molecule has 62 heavy (non-hydrogen) atoms. The molecule has 15 heteroatoms. The highest BCUT2D eigenvalue weighted by atomic mass is 16.6. The largest absolute Gasteiger partial charge is 0.456 e. The number of benzene rings is 3. The normalized spacial score (nSPS) is 31.9. The number of rotatable bonds is 10. The molecule has 1 amide bonds. The quantitative estimate of drug-likeness (QED) is 0.130. The van der Waals surface area contributed by atoms with Crippen LogP contribution in [-0.4, -0.2) is 105 Å². The van der Waals surface area contributed by atoms with Gasteiger partial charge in [0.25, 0.3) is 5.91 Å². The van der Waals surface area contributed by atoms with Crippen molar-refractivity contribution in [3.8, 4) is 0 Å². The van der Waals surface area contributed by atoms with Gasteiger partial charge in [0.15, 0.2) is 23.6 Å². The molecule has 3 fully saturated rings. The van der Waals surface area contributed by atoms with Gasteiger partial charge in [-0.1, -0.05) is 80.6 Å². The van der Waals surface area contributed by atoms with Crippen molar-refractivity contribution in [2.75, 3.05) is 6.61 Å². The second-order valence-electron chi connectivity index (χ2n) is 17.4. The Labute approximate surface area is 358 Å². The molecule has 3 aromatic rings. The molecule has 328 valence electrons. The van der Waals surface area contributed by atoms with Crippen LogP contribution in [0.5, 0.6) is 0 Å². The number of ketones is 1. The number of Topliss-reactive ketones (excluding diaryl/α,β-unsaturated/α-hetero) is 1. The number of carbonyl (C=O) groups excluding carboxylic acids is 6. The van der Waals surface area contributed by atoms with Crippen LogP contribution in [0.1, 0.15) is 86.7 Å². The first-order valence-electron chi connectivity index (χ1n) is 20.5. The predicted octanol–water partition coefficient (Wildman–Crippen LogP) is 3.74. The number of aliphatic hydroxyl groups excluding tert-OH is 2. The molecule has 1 aliphatic heterocycles. The van der Waals surface area contributed by atoms with Gasteiger partial charge in [-0.2, -0.15) is 0 Å². The van der Waals surface area contributed by atoms with Crippen LogP contribution in [0.2, 0.25) is 0 Å². The minimum Gasteiger partial charge on any atom is -0.456 e. The molecule has 0 spiro atoms. The Bertz CT molecular complexity index is 2280. The number of amides is 1. The van der Waals surface area contributed by atoms with Gasteiger partial charge < -0.3 is 44.3 Å². The topological polar surface area (TPSA) is 221 Å². The average Bonchev–Trinajstić information content (AvgIpc) is 3.24. The third-order valence-corrected chi connectivity index (χ3v) is 13.5. The van der Waals surface area contributed by atoms with Crippen LogP contribution in [0.3, 0.4) is 0 Å². The van der Waals surface area contributed by atoms with E-state index in [4.69, 9.17) is 23.7 Å². The SMILES string of the molecule is CC(=O)O[C@H]1C(=O)[C@]2(C)[C@@H](O)C[C@H]3OC[C@]3(OC(C)=O)[C@@H]2[C@H](OC(=O)c2ccccc2)[C@@]2(O)C[C@H](OC(=O)[C@H](O)[C@@H](NC(=O)c3ccccc3)c3ccccc3)C(C)=C1C2(C)C. The fraction of sp³-hybridized carbons (Fsp3) is 0.447. The van der Waals surface area contributed by atoms with E-state index in [1.54, 1.807) is 92.7 Å². The molecule has 1 heterocycles. The van der Waals surface area contributed by atoms with E-state index in [1.165, 1.54) is 26.0 Å². The number of hydrogen-bond donors (Lipinski definition) is 4. The van der Waals surface area contributed by atoms with Crippen LogP contribution in [0.4, 0.5) is 0 Å². The summed E-state index contributed by atoms with van der Waals surface area (Å²) >= 11 is 0. The number of aliphatic hydroxyl groups is 3. The van der Waals surface area contributed by atoms with Crippen molar-refractivity contribution in [1.82, 2.24) is 5.32 Å². The van der Waals surface area contributed by atoms with Crippen molar-refractivity contribution in [3.63, 3.8) is 0 Å². The van der Waals surface area contributed by atoms with Gasteiger partial charge in [0.1, 0.15) is 23.9 Å². The van der Waals surface area contributed by atoms with Crippen LogP contribution < -0.4 is 5.32 Å². The zero-order valence-electron chi connectivity index (χ0n) is 35.2. The summed E-state index contributed by atoms with van der Waals surface area (Å²) in [5, 5.41) is 40.2. The summed E-state index contributed by atoms with van der Waals surface area (Å²) in [7, 11) is 0. The number of hydrogen-bond acceptors (Lipinski definition) is 14. The molecule has 11 atom stereocenters. The molecule has 4 N–H and O–H groups in total. The molecule has 15 nitrogen and oxygen atoms in total. The predicted molar refractivity (Wildman–Crippen MR) is 218 cm³/mol. The highest BCUT2D eigenvalue weighted by Crippen LogP contribution is 2.64. The fourth-order valence-electron chi connectivity index (χ4n) is 10.2. The molecule has 0 radical (unpaired) electrons.